The Kier molecular flexibility index (Phi) is 5.96. The highest BCUT2D eigenvalue weighted by molar-refractivity contribution is 6.18. The number of benzene rings is 2. The third-order valence-corrected chi connectivity index (χ3v) is 4.72. The minimum Gasteiger partial charge on any atom is -0.497 e. The molecule has 0 fully saturated rings. The maximum absolute atomic E-state index is 12.6. The second-order valence-electron chi connectivity index (χ2n) is 6.19. The minimum absolute atomic E-state index is 0.0794. The van der Waals surface area contributed by atoms with Gasteiger partial charge in [0.15, 0.2) is 5.78 Å². The van der Waals surface area contributed by atoms with Gasteiger partial charge in [-0.15, -0.1) is 11.6 Å². The van der Waals surface area contributed by atoms with Crippen LogP contribution in [0, 0.1) is 0 Å². The maximum Gasteiger partial charge on any atom is 0.189 e. The van der Waals surface area contributed by atoms with Crippen molar-refractivity contribution in [1.29, 1.82) is 0 Å². The summed E-state index contributed by atoms with van der Waals surface area (Å²) in [7, 11) is 1.63. The smallest absolute Gasteiger partial charge is 0.189 e. The second-order valence-corrected chi connectivity index (χ2v) is 6.57. The van der Waals surface area contributed by atoms with Gasteiger partial charge in [-0.3, -0.25) is 4.79 Å². The van der Waals surface area contributed by atoms with Gasteiger partial charge in [0.2, 0.25) is 0 Å². The summed E-state index contributed by atoms with van der Waals surface area (Å²) in [4.78, 5) is 14.6. The summed E-state index contributed by atoms with van der Waals surface area (Å²) in [6, 6.07) is 13.5. The van der Waals surface area contributed by atoms with Crippen molar-refractivity contribution >= 4 is 29.1 Å². The Bertz CT molecular complexity index is 809. The molecule has 2 aromatic rings. The van der Waals surface area contributed by atoms with E-state index in [0.29, 0.717) is 25.4 Å². The van der Waals surface area contributed by atoms with Crippen molar-refractivity contribution in [2.75, 3.05) is 37.6 Å². The van der Waals surface area contributed by atoms with Crippen LogP contribution in [0.5, 0.6) is 5.75 Å². The molecule has 0 spiro atoms. The lowest BCUT2D eigenvalue weighted by Gasteiger charge is -2.22. The predicted molar refractivity (Wildman–Crippen MR) is 105 cm³/mol. The highest BCUT2D eigenvalue weighted by atomic mass is 35.5. The first kappa shape index (κ1) is 18.5. The molecule has 0 bridgehead atoms. The fourth-order valence-corrected chi connectivity index (χ4v) is 3.42. The number of nitrogens with zero attached hydrogens (tertiary/aromatic N) is 1. The quantitative estimate of drug-likeness (QED) is 0.597. The summed E-state index contributed by atoms with van der Waals surface area (Å²) in [6.45, 7) is 1.31. The van der Waals surface area contributed by atoms with Crippen LogP contribution in [0.4, 0.5) is 5.69 Å². The Hall–Kier alpha value is -2.30. The first-order valence-electron chi connectivity index (χ1n) is 8.60. The standard InChI is InChI=1S/C21H22ClNO3/c1-26-19-6-7-20-16(14-19)13-17(21(20)25)12-15-2-4-18(5-3-15)23(9-8-22)10-11-24/h2-7,12,14,24H,8-11,13H2,1H3/b17-12+. The summed E-state index contributed by atoms with van der Waals surface area (Å²) >= 11 is 5.83. The maximum atomic E-state index is 12.6. The summed E-state index contributed by atoms with van der Waals surface area (Å²) in [5.74, 6) is 1.35. The van der Waals surface area contributed by atoms with E-state index in [1.807, 2.05) is 53.4 Å². The number of ketones is 1. The molecule has 0 saturated heterocycles. The molecule has 0 saturated carbocycles. The lowest BCUT2D eigenvalue weighted by Crippen LogP contribution is -2.28. The molecule has 0 unspecified atom stereocenters. The number of ether oxygens (including phenoxy) is 1. The zero-order valence-corrected chi connectivity index (χ0v) is 15.5. The molecule has 3 rings (SSSR count). The van der Waals surface area contributed by atoms with Gasteiger partial charge in [-0.2, -0.15) is 0 Å². The molecule has 0 atom stereocenters. The van der Waals surface area contributed by atoms with Crippen LogP contribution in [0.2, 0.25) is 0 Å². The van der Waals surface area contributed by atoms with Crippen molar-refractivity contribution in [3.63, 3.8) is 0 Å². The van der Waals surface area contributed by atoms with Crippen LogP contribution in [0.1, 0.15) is 21.5 Å². The van der Waals surface area contributed by atoms with Crippen molar-refractivity contribution in [2.24, 2.45) is 0 Å². The molecule has 0 aromatic heterocycles. The van der Waals surface area contributed by atoms with Crippen LogP contribution in [-0.2, 0) is 6.42 Å². The van der Waals surface area contributed by atoms with E-state index in [-0.39, 0.29) is 12.4 Å². The van der Waals surface area contributed by atoms with Crippen molar-refractivity contribution in [1.82, 2.24) is 0 Å². The molecule has 1 aliphatic carbocycles. The Morgan fingerprint density at radius 2 is 1.96 bits per heavy atom. The number of anilines is 1. The van der Waals surface area contributed by atoms with Crippen LogP contribution in [0.25, 0.3) is 6.08 Å². The number of carbonyl (C=O) groups is 1. The molecule has 0 radical (unpaired) electrons. The Labute approximate surface area is 158 Å². The number of allylic oxidation sites excluding steroid dienone is 1. The third-order valence-electron chi connectivity index (χ3n) is 4.55. The van der Waals surface area contributed by atoms with E-state index in [1.165, 1.54) is 0 Å². The fourth-order valence-electron chi connectivity index (χ4n) is 3.22. The molecule has 4 nitrogen and oxygen atoms in total. The third kappa shape index (κ3) is 3.92. The number of methoxy groups -OCH3 is 1. The number of aliphatic hydroxyl groups excluding tert-OH is 1. The summed E-state index contributed by atoms with van der Waals surface area (Å²) in [5.41, 5.74) is 4.53. The first-order valence-corrected chi connectivity index (χ1v) is 9.13. The van der Waals surface area contributed by atoms with Crippen LogP contribution in [0.15, 0.2) is 48.0 Å². The van der Waals surface area contributed by atoms with E-state index in [2.05, 4.69) is 0 Å². The van der Waals surface area contributed by atoms with E-state index in [9.17, 15) is 9.90 Å². The van der Waals surface area contributed by atoms with Gasteiger partial charge in [0, 0.05) is 42.2 Å². The molecule has 2 aromatic carbocycles. The van der Waals surface area contributed by atoms with Crippen LogP contribution < -0.4 is 9.64 Å². The number of halogens is 1. The van der Waals surface area contributed by atoms with Crippen LogP contribution >= 0.6 is 11.6 Å². The van der Waals surface area contributed by atoms with Gasteiger partial charge < -0.3 is 14.7 Å². The largest absolute Gasteiger partial charge is 0.497 e. The number of alkyl halides is 1. The van der Waals surface area contributed by atoms with Gasteiger partial charge in [0.05, 0.1) is 13.7 Å². The van der Waals surface area contributed by atoms with Crippen molar-refractivity contribution < 1.29 is 14.6 Å². The lowest BCUT2D eigenvalue weighted by atomic mass is 10.1. The number of carbonyl (C=O) groups excluding carboxylic acids is 1. The monoisotopic (exact) mass is 371 g/mol. The molecule has 136 valence electrons. The molecule has 1 aliphatic rings. The number of aliphatic hydroxyl groups is 1. The molecular formula is C21H22ClNO3. The van der Waals surface area contributed by atoms with Gasteiger partial charge in [-0.05, 0) is 47.5 Å². The number of Topliss-reactive ketones (excluding diaryl/α,β-unsaturated/α-hetero) is 1. The zero-order chi connectivity index (χ0) is 18.5. The zero-order valence-electron chi connectivity index (χ0n) is 14.7. The Morgan fingerprint density at radius 3 is 2.62 bits per heavy atom. The van der Waals surface area contributed by atoms with E-state index < -0.39 is 0 Å². The molecule has 0 heterocycles. The molecule has 5 heteroatoms. The number of hydrogen-bond donors (Lipinski definition) is 1. The van der Waals surface area contributed by atoms with Gasteiger partial charge in [-0.1, -0.05) is 12.1 Å². The SMILES string of the molecule is COc1ccc2c(c1)C/C(=C\c1ccc(N(CCO)CCCl)cc1)C2=O. The lowest BCUT2D eigenvalue weighted by molar-refractivity contribution is 0.104. The fraction of sp³-hybridized carbons (Fsp3) is 0.286. The van der Waals surface area contributed by atoms with Crippen LogP contribution in [0.3, 0.4) is 0 Å². The molecule has 0 amide bonds. The van der Waals surface area contributed by atoms with Crippen LogP contribution in [-0.4, -0.2) is 43.6 Å². The summed E-state index contributed by atoms with van der Waals surface area (Å²) in [5, 5.41) is 9.18. The number of hydrogen-bond acceptors (Lipinski definition) is 4. The highest BCUT2D eigenvalue weighted by Crippen LogP contribution is 2.30. The van der Waals surface area contributed by atoms with Crippen molar-refractivity contribution in [3.8, 4) is 5.75 Å². The number of rotatable bonds is 7. The van der Waals surface area contributed by atoms with Crippen molar-refractivity contribution in [2.45, 2.75) is 6.42 Å². The molecule has 1 N–H and O–H groups in total. The molecule has 26 heavy (non-hydrogen) atoms. The summed E-state index contributed by atoms with van der Waals surface area (Å²) < 4.78 is 5.24. The van der Waals surface area contributed by atoms with Crippen molar-refractivity contribution in [3.05, 3.63) is 64.7 Å². The predicted octanol–water partition coefficient (Wildman–Crippen LogP) is 3.56. The highest BCUT2D eigenvalue weighted by Gasteiger charge is 2.25. The van der Waals surface area contributed by atoms with Gasteiger partial charge in [0.25, 0.3) is 0 Å². The Morgan fingerprint density at radius 1 is 1.19 bits per heavy atom. The Balaban J connectivity index is 1.79. The van der Waals surface area contributed by atoms with Gasteiger partial charge in [-0.25, -0.2) is 0 Å². The topological polar surface area (TPSA) is 49.8 Å². The van der Waals surface area contributed by atoms with E-state index >= 15 is 0 Å². The van der Waals surface area contributed by atoms with E-state index in [4.69, 9.17) is 16.3 Å². The average Bonchev–Trinajstić information content (AvgIpc) is 2.97. The molecule has 0 aliphatic heterocycles. The first-order chi connectivity index (χ1) is 12.7. The number of fused-ring (bicyclic) bond motifs is 1. The van der Waals surface area contributed by atoms with Gasteiger partial charge in [0.1, 0.15) is 5.75 Å². The second kappa shape index (κ2) is 8.39. The van der Waals surface area contributed by atoms with E-state index in [0.717, 1.165) is 33.7 Å². The minimum atomic E-state index is 0.0794. The summed E-state index contributed by atoms with van der Waals surface area (Å²) in [6.07, 6.45) is 2.56. The van der Waals surface area contributed by atoms with Gasteiger partial charge >= 0.3 is 0 Å². The molecular weight excluding hydrogens is 350 g/mol. The average molecular weight is 372 g/mol. The normalized spacial score (nSPS) is 14.6. The van der Waals surface area contributed by atoms with E-state index in [1.54, 1.807) is 7.11 Å².